The number of hydrogen-bond acceptors (Lipinski definition) is 7. The Morgan fingerprint density at radius 2 is 1.82 bits per heavy atom. The lowest BCUT2D eigenvalue weighted by Gasteiger charge is -2.34. The van der Waals surface area contributed by atoms with Gasteiger partial charge < -0.3 is 20.4 Å². The third-order valence-electron chi connectivity index (χ3n) is 6.40. The quantitative estimate of drug-likeness (QED) is 0.605. The molecule has 1 aromatic carbocycles. The molecule has 7 nitrogen and oxygen atoms in total. The van der Waals surface area contributed by atoms with Gasteiger partial charge >= 0.3 is 6.18 Å². The molecule has 33 heavy (non-hydrogen) atoms. The Kier molecular flexibility index (Phi) is 7.06. The minimum Gasteiger partial charge on any atom is -0.507 e. The maximum absolute atomic E-state index is 12.9. The number of alkyl halides is 3. The fraction of sp³-hybridized carbons (Fsp3) is 0.565. The second-order valence-corrected chi connectivity index (χ2v) is 9.02. The van der Waals surface area contributed by atoms with Gasteiger partial charge in [0.25, 0.3) is 0 Å². The van der Waals surface area contributed by atoms with Crippen molar-refractivity contribution in [3.8, 4) is 17.0 Å². The van der Waals surface area contributed by atoms with E-state index >= 15 is 0 Å². The number of benzene rings is 1. The van der Waals surface area contributed by atoms with E-state index in [1.165, 1.54) is 6.07 Å². The highest BCUT2D eigenvalue weighted by atomic mass is 19.4. The van der Waals surface area contributed by atoms with Crippen molar-refractivity contribution in [3.63, 3.8) is 0 Å². The first-order valence-electron chi connectivity index (χ1n) is 11.3. The molecule has 2 saturated heterocycles. The lowest BCUT2D eigenvalue weighted by atomic mass is 10.0. The van der Waals surface area contributed by atoms with Gasteiger partial charge in [-0.25, -0.2) is 0 Å². The predicted molar refractivity (Wildman–Crippen MR) is 119 cm³/mol. The Morgan fingerprint density at radius 3 is 2.45 bits per heavy atom. The lowest BCUT2D eigenvalue weighted by molar-refractivity contribution is -0.137. The lowest BCUT2D eigenvalue weighted by Crippen LogP contribution is -2.45. The molecule has 2 atom stereocenters. The van der Waals surface area contributed by atoms with E-state index in [1.807, 2.05) is 6.07 Å². The molecular weight excluding hydrogens is 435 g/mol. The minimum atomic E-state index is -4.52. The van der Waals surface area contributed by atoms with Crippen LogP contribution < -0.4 is 5.32 Å². The number of β-amino-alcohol motifs (C(OH)–C–C–N with tert-alkyl or cyclic N) is 1. The summed E-state index contributed by atoms with van der Waals surface area (Å²) in [6.07, 6.45) is -1.78. The number of aliphatic hydroxyl groups is 1. The summed E-state index contributed by atoms with van der Waals surface area (Å²) < 4.78 is 38.6. The highest BCUT2D eigenvalue weighted by Crippen LogP contribution is 2.36. The molecule has 10 heteroatoms. The van der Waals surface area contributed by atoms with Crippen molar-refractivity contribution in [2.45, 2.75) is 44.5 Å². The SMILES string of the molecule is Cc1cc(N[C@@H]2CCCN(CCN3CC[C@@H](O)C3)C2)nnc1-c1ccc(C(F)(F)F)cc1O. The smallest absolute Gasteiger partial charge is 0.416 e. The summed E-state index contributed by atoms with van der Waals surface area (Å²) >= 11 is 0. The average Bonchev–Trinajstić information content (AvgIpc) is 3.18. The Morgan fingerprint density at radius 1 is 1.06 bits per heavy atom. The van der Waals surface area contributed by atoms with E-state index in [9.17, 15) is 23.4 Å². The molecule has 0 saturated carbocycles. The highest BCUT2D eigenvalue weighted by molar-refractivity contribution is 5.70. The molecule has 2 aliphatic heterocycles. The first kappa shape index (κ1) is 23.7. The number of anilines is 1. The number of nitrogens with one attached hydrogen (secondary N) is 1. The summed E-state index contributed by atoms with van der Waals surface area (Å²) in [7, 11) is 0. The molecule has 3 N–H and O–H groups in total. The highest BCUT2D eigenvalue weighted by Gasteiger charge is 2.31. The molecule has 0 radical (unpaired) electrons. The van der Waals surface area contributed by atoms with Crippen molar-refractivity contribution >= 4 is 5.82 Å². The number of aliphatic hydroxyl groups excluding tert-OH is 1. The van der Waals surface area contributed by atoms with E-state index in [1.54, 1.807) is 6.92 Å². The summed E-state index contributed by atoms with van der Waals surface area (Å²) in [4.78, 5) is 4.71. The molecule has 2 fully saturated rings. The fourth-order valence-corrected chi connectivity index (χ4v) is 4.61. The maximum Gasteiger partial charge on any atom is 0.416 e. The van der Waals surface area contributed by atoms with Gasteiger partial charge in [-0.2, -0.15) is 13.2 Å². The van der Waals surface area contributed by atoms with Crippen LogP contribution in [0.4, 0.5) is 19.0 Å². The molecule has 0 bridgehead atoms. The van der Waals surface area contributed by atoms with E-state index < -0.39 is 17.5 Å². The molecule has 2 aromatic rings. The van der Waals surface area contributed by atoms with Crippen molar-refractivity contribution < 1.29 is 23.4 Å². The van der Waals surface area contributed by atoms with E-state index in [0.29, 0.717) is 23.1 Å². The van der Waals surface area contributed by atoms with E-state index in [2.05, 4.69) is 25.3 Å². The molecule has 0 amide bonds. The number of phenolic OH excluding ortho intramolecular Hbond substituents is 1. The first-order chi connectivity index (χ1) is 15.7. The number of likely N-dealkylation sites (tertiary alicyclic amines) is 2. The van der Waals surface area contributed by atoms with Crippen molar-refractivity contribution in [3.05, 3.63) is 35.4 Å². The third kappa shape index (κ3) is 5.93. The van der Waals surface area contributed by atoms with Gasteiger partial charge in [-0.15, -0.1) is 10.2 Å². The summed E-state index contributed by atoms with van der Waals surface area (Å²) in [5.74, 6) is 0.133. The number of aromatic hydroxyl groups is 1. The fourth-order valence-electron chi connectivity index (χ4n) is 4.61. The second-order valence-electron chi connectivity index (χ2n) is 9.02. The normalized spacial score (nSPS) is 22.6. The van der Waals surface area contributed by atoms with Crippen molar-refractivity contribution in [1.29, 1.82) is 0 Å². The number of nitrogens with zero attached hydrogens (tertiary/aromatic N) is 4. The number of hydrogen-bond donors (Lipinski definition) is 3. The molecule has 3 heterocycles. The zero-order valence-electron chi connectivity index (χ0n) is 18.6. The van der Waals surface area contributed by atoms with Crippen molar-refractivity contribution in [2.24, 2.45) is 0 Å². The average molecular weight is 466 g/mol. The number of rotatable bonds is 6. The van der Waals surface area contributed by atoms with Crippen LogP contribution in [0.5, 0.6) is 5.75 Å². The molecule has 0 unspecified atom stereocenters. The van der Waals surface area contributed by atoms with Crippen LogP contribution in [0.1, 0.15) is 30.4 Å². The van der Waals surface area contributed by atoms with Gasteiger partial charge in [-0.1, -0.05) is 0 Å². The van der Waals surface area contributed by atoms with Gasteiger partial charge in [0, 0.05) is 44.3 Å². The summed E-state index contributed by atoms with van der Waals surface area (Å²) in [6.45, 7) is 7.35. The van der Waals surface area contributed by atoms with Gasteiger partial charge in [0.15, 0.2) is 0 Å². The van der Waals surface area contributed by atoms with Crippen LogP contribution in [0.2, 0.25) is 0 Å². The standard InChI is InChI=1S/C23H30F3N5O2/c1-15-11-21(28-29-22(15)19-5-4-16(12-20(19)33)23(24,25)26)27-17-3-2-7-30(13-17)9-10-31-8-6-18(32)14-31/h4-5,11-12,17-18,32-33H,2-3,6-10,13-14H2,1H3,(H,27,28)/t17-,18-/m1/s1. The van der Waals surface area contributed by atoms with Crippen molar-refractivity contribution in [2.75, 3.05) is 44.6 Å². The largest absolute Gasteiger partial charge is 0.507 e. The molecule has 2 aliphatic rings. The molecule has 4 rings (SSSR count). The van der Waals surface area contributed by atoms with Crippen molar-refractivity contribution in [1.82, 2.24) is 20.0 Å². The van der Waals surface area contributed by atoms with E-state index in [0.717, 1.165) is 64.6 Å². The Balaban J connectivity index is 1.37. The third-order valence-corrected chi connectivity index (χ3v) is 6.40. The second kappa shape index (κ2) is 9.82. The number of aryl methyl sites for hydroxylation is 1. The van der Waals surface area contributed by atoms with Gasteiger partial charge in [0.2, 0.25) is 0 Å². The van der Waals surface area contributed by atoms with Gasteiger partial charge in [-0.3, -0.25) is 4.90 Å². The van der Waals surface area contributed by atoms with Crippen LogP contribution in [-0.2, 0) is 6.18 Å². The monoisotopic (exact) mass is 465 g/mol. The molecule has 180 valence electrons. The first-order valence-corrected chi connectivity index (χ1v) is 11.3. The number of piperidine rings is 1. The van der Waals surface area contributed by atoms with Crippen LogP contribution in [0.15, 0.2) is 24.3 Å². The van der Waals surface area contributed by atoms with Crippen LogP contribution in [0, 0.1) is 6.92 Å². The molecule has 1 aromatic heterocycles. The zero-order chi connectivity index (χ0) is 23.6. The maximum atomic E-state index is 12.9. The Hall–Kier alpha value is -2.43. The molecular formula is C23H30F3N5O2. The summed E-state index contributed by atoms with van der Waals surface area (Å²) in [5.41, 5.74) is 0.374. The zero-order valence-corrected chi connectivity index (χ0v) is 18.6. The van der Waals surface area contributed by atoms with Crippen LogP contribution in [0.3, 0.4) is 0 Å². The summed E-state index contributed by atoms with van der Waals surface area (Å²) in [5, 5.41) is 31.6. The Bertz CT molecular complexity index is 972. The van der Waals surface area contributed by atoms with Gasteiger partial charge in [0.1, 0.15) is 11.6 Å². The van der Waals surface area contributed by atoms with E-state index in [-0.39, 0.29) is 17.7 Å². The van der Waals surface area contributed by atoms with Crippen LogP contribution in [0.25, 0.3) is 11.3 Å². The molecule has 0 aliphatic carbocycles. The van der Waals surface area contributed by atoms with E-state index in [4.69, 9.17) is 0 Å². The number of aromatic nitrogens is 2. The minimum absolute atomic E-state index is 0.199. The molecule has 0 spiro atoms. The van der Waals surface area contributed by atoms with Crippen LogP contribution in [-0.4, -0.2) is 81.6 Å². The van der Waals surface area contributed by atoms with Gasteiger partial charge in [0.05, 0.1) is 17.4 Å². The number of halogens is 3. The predicted octanol–water partition coefficient (Wildman–Crippen LogP) is 3.12. The topological polar surface area (TPSA) is 84.8 Å². The number of phenols is 1. The van der Waals surface area contributed by atoms with Crippen LogP contribution >= 0.6 is 0 Å². The Labute approximate surface area is 191 Å². The summed E-state index contributed by atoms with van der Waals surface area (Å²) in [6, 6.07) is 4.90. The van der Waals surface area contributed by atoms with Gasteiger partial charge in [-0.05, 0) is 62.6 Å².